The average Bonchev–Trinajstić information content (AvgIpc) is 2.64. The SMILES string of the molecule is CCCCCCCCOc1c(Br)cc(CNCCC(O)P(=O)(O)O)cc1OC. The van der Waals surface area contributed by atoms with Gasteiger partial charge in [-0.05, 0) is 53.0 Å². The zero-order chi connectivity index (χ0) is 21.0. The second kappa shape index (κ2) is 13.6. The Morgan fingerprint density at radius 2 is 1.86 bits per heavy atom. The molecule has 7 nitrogen and oxygen atoms in total. The van der Waals surface area contributed by atoms with Gasteiger partial charge < -0.3 is 29.7 Å². The molecular weight excluding hydrogens is 449 g/mol. The Bertz CT molecular complexity index is 625. The topological polar surface area (TPSA) is 108 Å². The molecule has 1 unspecified atom stereocenters. The molecule has 0 amide bonds. The summed E-state index contributed by atoms with van der Waals surface area (Å²) in [7, 11) is -2.86. The van der Waals surface area contributed by atoms with Crippen LogP contribution in [0.25, 0.3) is 0 Å². The standard InChI is InChI=1S/C19H33BrNO6P/c1-3-4-5-6-7-8-11-27-19-16(20)12-15(13-17(19)26-2)14-21-10-9-18(22)28(23,24)25/h12-13,18,21-22H,3-11,14H2,1-2H3,(H2,23,24,25). The van der Waals surface area contributed by atoms with Crippen molar-refractivity contribution in [2.24, 2.45) is 0 Å². The number of rotatable bonds is 15. The summed E-state index contributed by atoms with van der Waals surface area (Å²) < 4.78 is 23.1. The maximum absolute atomic E-state index is 10.9. The van der Waals surface area contributed by atoms with Gasteiger partial charge in [0.1, 0.15) is 0 Å². The highest BCUT2D eigenvalue weighted by atomic mass is 79.9. The first-order valence-electron chi connectivity index (χ1n) is 9.72. The number of halogens is 1. The lowest BCUT2D eigenvalue weighted by Gasteiger charge is -2.15. The second-order valence-electron chi connectivity index (χ2n) is 6.76. The van der Waals surface area contributed by atoms with Crippen molar-refractivity contribution in [2.45, 2.75) is 64.3 Å². The minimum absolute atomic E-state index is 0.0258. The van der Waals surface area contributed by atoms with E-state index in [9.17, 15) is 9.67 Å². The Balaban J connectivity index is 2.47. The highest BCUT2D eigenvalue weighted by Crippen LogP contribution is 2.41. The van der Waals surface area contributed by atoms with Crippen LogP contribution in [0.2, 0.25) is 0 Å². The number of benzene rings is 1. The lowest BCUT2D eigenvalue weighted by Crippen LogP contribution is -2.20. The third-order valence-corrected chi connectivity index (χ3v) is 5.95. The van der Waals surface area contributed by atoms with Crippen LogP contribution in [0.4, 0.5) is 0 Å². The molecule has 0 radical (unpaired) electrons. The lowest BCUT2D eigenvalue weighted by atomic mass is 10.1. The van der Waals surface area contributed by atoms with Crippen molar-refractivity contribution in [1.82, 2.24) is 5.32 Å². The number of hydrogen-bond acceptors (Lipinski definition) is 5. The van der Waals surface area contributed by atoms with Crippen molar-refractivity contribution < 1.29 is 28.9 Å². The van der Waals surface area contributed by atoms with Crippen molar-refractivity contribution in [2.75, 3.05) is 20.3 Å². The van der Waals surface area contributed by atoms with Crippen molar-refractivity contribution in [3.05, 3.63) is 22.2 Å². The van der Waals surface area contributed by atoms with Crippen LogP contribution >= 0.6 is 23.5 Å². The molecule has 0 heterocycles. The number of hydrogen-bond donors (Lipinski definition) is 4. The first-order chi connectivity index (χ1) is 13.3. The fraction of sp³-hybridized carbons (Fsp3) is 0.684. The van der Waals surface area contributed by atoms with Crippen molar-refractivity contribution in [3.8, 4) is 11.5 Å². The van der Waals surface area contributed by atoms with Crippen LogP contribution in [0, 0.1) is 0 Å². The molecule has 0 aromatic heterocycles. The predicted octanol–water partition coefficient (Wildman–Crippen LogP) is 4.17. The molecular formula is C19H33BrNO6P. The number of aliphatic hydroxyl groups is 1. The van der Waals surface area contributed by atoms with E-state index in [2.05, 4.69) is 28.2 Å². The van der Waals surface area contributed by atoms with Gasteiger partial charge in [-0.25, -0.2) is 0 Å². The molecule has 1 aromatic rings. The third-order valence-electron chi connectivity index (χ3n) is 4.33. The van der Waals surface area contributed by atoms with Gasteiger partial charge in [-0.3, -0.25) is 4.57 Å². The fourth-order valence-corrected chi connectivity index (χ4v) is 3.77. The zero-order valence-corrected chi connectivity index (χ0v) is 19.2. The summed E-state index contributed by atoms with van der Waals surface area (Å²) in [6.07, 6.45) is 7.17. The summed E-state index contributed by atoms with van der Waals surface area (Å²) in [5.74, 6) is -0.330. The van der Waals surface area contributed by atoms with Crippen LogP contribution in [0.1, 0.15) is 57.4 Å². The van der Waals surface area contributed by atoms with E-state index in [4.69, 9.17) is 19.3 Å². The van der Waals surface area contributed by atoms with E-state index >= 15 is 0 Å². The van der Waals surface area contributed by atoms with E-state index in [0.717, 1.165) is 22.9 Å². The third kappa shape index (κ3) is 9.72. The number of nitrogens with one attached hydrogen (secondary N) is 1. The van der Waals surface area contributed by atoms with Gasteiger partial charge in [-0.2, -0.15) is 0 Å². The minimum atomic E-state index is -4.45. The van der Waals surface area contributed by atoms with Crippen LogP contribution in [-0.4, -0.2) is 41.0 Å². The highest BCUT2D eigenvalue weighted by Gasteiger charge is 2.25. The molecule has 0 saturated heterocycles. The number of ether oxygens (including phenoxy) is 2. The van der Waals surface area contributed by atoms with Crippen LogP contribution in [0.15, 0.2) is 16.6 Å². The van der Waals surface area contributed by atoms with Gasteiger partial charge in [-0.15, -0.1) is 0 Å². The van der Waals surface area contributed by atoms with Crippen LogP contribution < -0.4 is 14.8 Å². The summed E-state index contributed by atoms with van der Waals surface area (Å²) >= 11 is 3.52. The van der Waals surface area contributed by atoms with Gasteiger partial charge in [-0.1, -0.05) is 39.0 Å². The first-order valence-corrected chi connectivity index (χ1v) is 12.2. The quantitative estimate of drug-likeness (QED) is 0.220. The van der Waals surface area contributed by atoms with Gasteiger partial charge in [0.25, 0.3) is 0 Å². The summed E-state index contributed by atoms with van der Waals surface area (Å²) in [5.41, 5.74) is 0.932. The molecule has 0 fully saturated rings. The molecule has 0 bridgehead atoms. The first kappa shape index (κ1) is 25.4. The minimum Gasteiger partial charge on any atom is -0.493 e. The molecule has 0 aliphatic rings. The van der Waals surface area contributed by atoms with E-state index < -0.39 is 13.4 Å². The van der Waals surface area contributed by atoms with Crippen LogP contribution in [0.3, 0.4) is 0 Å². The molecule has 0 saturated carbocycles. The van der Waals surface area contributed by atoms with E-state index in [1.807, 2.05) is 12.1 Å². The Labute approximate surface area is 176 Å². The number of methoxy groups -OCH3 is 1. The fourth-order valence-electron chi connectivity index (χ4n) is 2.70. The Morgan fingerprint density at radius 3 is 2.50 bits per heavy atom. The molecule has 1 atom stereocenters. The molecule has 4 N–H and O–H groups in total. The van der Waals surface area contributed by atoms with Gasteiger partial charge in [0.05, 0.1) is 18.2 Å². The predicted molar refractivity (Wildman–Crippen MR) is 114 cm³/mol. The second-order valence-corrected chi connectivity index (χ2v) is 9.39. The molecule has 9 heteroatoms. The van der Waals surface area contributed by atoms with E-state index in [1.54, 1.807) is 7.11 Å². The lowest BCUT2D eigenvalue weighted by molar-refractivity contribution is 0.193. The zero-order valence-electron chi connectivity index (χ0n) is 16.7. The molecule has 28 heavy (non-hydrogen) atoms. The van der Waals surface area contributed by atoms with Crippen LogP contribution in [-0.2, 0) is 11.1 Å². The van der Waals surface area contributed by atoms with Crippen molar-refractivity contribution in [1.29, 1.82) is 0 Å². The summed E-state index contributed by atoms with van der Waals surface area (Å²) in [5, 5.41) is 12.4. The largest absolute Gasteiger partial charge is 0.493 e. The highest BCUT2D eigenvalue weighted by molar-refractivity contribution is 9.10. The summed E-state index contributed by atoms with van der Waals surface area (Å²) in [6.45, 7) is 3.60. The van der Waals surface area contributed by atoms with Gasteiger partial charge in [0.15, 0.2) is 17.3 Å². The molecule has 1 aromatic carbocycles. The van der Waals surface area contributed by atoms with Crippen LogP contribution in [0.5, 0.6) is 11.5 Å². The molecule has 0 aliphatic heterocycles. The maximum Gasteiger partial charge on any atom is 0.353 e. The smallest absolute Gasteiger partial charge is 0.353 e. The molecule has 0 spiro atoms. The maximum atomic E-state index is 10.9. The number of aliphatic hydroxyl groups excluding tert-OH is 1. The normalized spacial score (nSPS) is 12.8. The van der Waals surface area contributed by atoms with Crippen molar-refractivity contribution in [3.63, 3.8) is 0 Å². The van der Waals surface area contributed by atoms with Gasteiger partial charge >= 0.3 is 7.60 Å². The van der Waals surface area contributed by atoms with Gasteiger partial charge in [0.2, 0.25) is 0 Å². The van der Waals surface area contributed by atoms with Gasteiger partial charge in [0, 0.05) is 6.54 Å². The van der Waals surface area contributed by atoms with E-state index in [-0.39, 0.29) is 13.0 Å². The molecule has 1 rings (SSSR count). The summed E-state index contributed by atoms with van der Waals surface area (Å²) in [6, 6.07) is 3.79. The monoisotopic (exact) mass is 481 g/mol. The molecule has 0 aliphatic carbocycles. The number of unbranched alkanes of at least 4 members (excludes halogenated alkanes) is 5. The van der Waals surface area contributed by atoms with E-state index in [1.165, 1.54) is 25.7 Å². The molecule has 162 valence electrons. The Hall–Kier alpha value is -0.630. The van der Waals surface area contributed by atoms with Crippen molar-refractivity contribution >= 4 is 23.5 Å². The Morgan fingerprint density at radius 1 is 1.18 bits per heavy atom. The Kier molecular flexibility index (Phi) is 12.3. The van der Waals surface area contributed by atoms with E-state index in [0.29, 0.717) is 24.7 Å². The average molecular weight is 482 g/mol. The summed E-state index contributed by atoms with van der Waals surface area (Å²) in [4.78, 5) is 17.8.